The van der Waals surface area contributed by atoms with E-state index in [0.29, 0.717) is 18.2 Å². The topological polar surface area (TPSA) is 52.9 Å². The highest BCUT2D eigenvalue weighted by Gasteiger charge is 2.10. The van der Waals surface area contributed by atoms with E-state index >= 15 is 0 Å². The highest BCUT2D eigenvalue weighted by molar-refractivity contribution is 6.13. The quantitative estimate of drug-likeness (QED) is 0.188. The van der Waals surface area contributed by atoms with Crippen molar-refractivity contribution in [1.82, 2.24) is 4.98 Å². The SMILES string of the molecule is C=N/C(=N\C(=N/Cc1ccccc1)c1cccc(-c2ccc3c(c2)[nH]c2ccccc23)c1)c1ccccc1. The fourth-order valence-electron chi connectivity index (χ4n) is 4.69. The van der Waals surface area contributed by atoms with E-state index in [1.54, 1.807) is 0 Å². The lowest BCUT2D eigenvalue weighted by molar-refractivity contribution is 1.06. The second-order valence-electron chi connectivity index (χ2n) is 9.10. The van der Waals surface area contributed by atoms with Crippen LogP contribution in [-0.2, 0) is 6.54 Å². The van der Waals surface area contributed by atoms with Crippen LogP contribution >= 0.6 is 0 Å². The van der Waals surface area contributed by atoms with Gasteiger partial charge in [-0.1, -0.05) is 109 Å². The number of fused-ring (bicyclic) bond motifs is 3. The Morgan fingerprint density at radius 1 is 0.579 bits per heavy atom. The van der Waals surface area contributed by atoms with Gasteiger partial charge in [-0.25, -0.2) is 9.98 Å². The molecule has 1 heterocycles. The maximum absolute atomic E-state index is 4.93. The third-order valence-corrected chi connectivity index (χ3v) is 6.61. The molecule has 0 radical (unpaired) electrons. The number of aliphatic imine (C=N–C) groups is 3. The van der Waals surface area contributed by atoms with Gasteiger partial charge in [-0.15, -0.1) is 0 Å². The van der Waals surface area contributed by atoms with Crippen LogP contribution < -0.4 is 0 Å². The predicted octanol–water partition coefficient (Wildman–Crippen LogP) is 8.08. The van der Waals surface area contributed by atoms with Gasteiger partial charge in [-0.05, 0) is 41.6 Å². The summed E-state index contributed by atoms with van der Waals surface area (Å²) in [5, 5.41) is 2.46. The van der Waals surface area contributed by atoms with Crippen molar-refractivity contribution in [2.45, 2.75) is 6.54 Å². The van der Waals surface area contributed by atoms with Crippen LogP contribution in [0.5, 0.6) is 0 Å². The van der Waals surface area contributed by atoms with Crippen LogP contribution in [0.15, 0.2) is 142 Å². The summed E-state index contributed by atoms with van der Waals surface area (Å²) in [4.78, 5) is 17.6. The van der Waals surface area contributed by atoms with Gasteiger partial charge in [0.05, 0.1) is 6.54 Å². The molecule has 0 atom stereocenters. The Balaban J connectivity index is 1.42. The summed E-state index contributed by atoms with van der Waals surface area (Å²) in [5.41, 5.74) is 7.42. The third kappa shape index (κ3) is 4.80. The average Bonchev–Trinajstić information content (AvgIpc) is 3.36. The Hall–Kier alpha value is -5.09. The highest BCUT2D eigenvalue weighted by atomic mass is 15.0. The second-order valence-corrected chi connectivity index (χ2v) is 9.10. The van der Waals surface area contributed by atoms with Crippen LogP contribution in [0.3, 0.4) is 0 Å². The first-order valence-corrected chi connectivity index (χ1v) is 12.6. The van der Waals surface area contributed by atoms with Crippen molar-refractivity contribution in [3.05, 3.63) is 144 Å². The van der Waals surface area contributed by atoms with E-state index in [2.05, 4.69) is 89.5 Å². The molecular formula is C34H26N4. The first-order valence-electron chi connectivity index (χ1n) is 12.6. The van der Waals surface area contributed by atoms with Gasteiger partial charge in [0.1, 0.15) is 0 Å². The van der Waals surface area contributed by atoms with E-state index in [1.807, 2.05) is 54.6 Å². The number of para-hydroxylation sites is 1. The molecule has 38 heavy (non-hydrogen) atoms. The molecule has 1 N–H and O–H groups in total. The number of amidine groups is 2. The second kappa shape index (κ2) is 10.5. The molecule has 0 spiro atoms. The smallest absolute Gasteiger partial charge is 0.161 e. The van der Waals surface area contributed by atoms with Crippen molar-refractivity contribution in [2.75, 3.05) is 0 Å². The van der Waals surface area contributed by atoms with Gasteiger partial charge < -0.3 is 4.98 Å². The molecule has 5 aromatic carbocycles. The molecule has 1 aromatic heterocycles. The van der Waals surface area contributed by atoms with Crippen molar-refractivity contribution in [3.63, 3.8) is 0 Å². The Kier molecular flexibility index (Phi) is 6.44. The normalized spacial score (nSPS) is 12.2. The van der Waals surface area contributed by atoms with Gasteiger partial charge in [-0.3, -0.25) is 4.99 Å². The van der Waals surface area contributed by atoms with Gasteiger partial charge in [0.15, 0.2) is 11.7 Å². The van der Waals surface area contributed by atoms with Crippen LogP contribution in [0.4, 0.5) is 0 Å². The number of nitrogens with zero attached hydrogens (tertiary/aromatic N) is 3. The lowest BCUT2D eigenvalue weighted by atomic mass is 10.0. The molecule has 0 aliphatic carbocycles. The molecule has 0 fully saturated rings. The molecule has 4 heteroatoms. The average molecular weight is 491 g/mol. The molecule has 0 saturated carbocycles. The van der Waals surface area contributed by atoms with Crippen molar-refractivity contribution < 1.29 is 0 Å². The summed E-state index contributed by atoms with van der Waals surface area (Å²) in [6.07, 6.45) is 0. The Labute approximate surface area is 221 Å². The Morgan fingerprint density at radius 2 is 1.26 bits per heavy atom. The van der Waals surface area contributed by atoms with Crippen molar-refractivity contribution in [1.29, 1.82) is 0 Å². The summed E-state index contributed by atoms with van der Waals surface area (Å²) in [5.74, 6) is 1.16. The predicted molar refractivity (Wildman–Crippen MR) is 160 cm³/mol. The van der Waals surface area contributed by atoms with Crippen molar-refractivity contribution in [2.24, 2.45) is 15.0 Å². The molecule has 0 saturated heterocycles. The minimum absolute atomic E-state index is 0.518. The minimum atomic E-state index is 0.518. The highest BCUT2D eigenvalue weighted by Crippen LogP contribution is 2.30. The zero-order valence-electron chi connectivity index (χ0n) is 20.9. The van der Waals surface area contributed by atoms with E-state index in [1.165, 1.54) is 10.8 Å². The van der Waals surface area contributed by atoms with Crippen LogP contribution in [-0.4, -0.2) is 23.4 Å². The standard InChI is InChI=1S/C34H26N4/c1-35-33(25-13-6-3-7-14-25)38-34(36-23-24-11-4-2-5-12-24)28-16-10-15-26(21-28)27-19-20-30-29-17-8-9-18-31(29)37-32(30)22-27/h2-22,37H,1,23H2/b36-34-,38-33-. The molecular weight excluding hydrogens is 464 g/mol. The largest absolute Gasteiger partial charge is 0.354 e. The molecule has 0 amide bonds. The van der Waals surface area contributed by atoms with Crippen LogP contribution in [0.25, 0.3) is 32.9 Å². The van der Waals surface area contributed by atoms with E-state index in [0.717, 1.165) is 38.9 Å². The first-order chi connectivity index (χ1) is 18.8. The van der Waals surface area contributed by atoms with E-state index in [-0.39, 0.29) is 0 Å². The van der Waals surface area contributed by atoms with Crippen LogP contribution in [0.2, 0.25) is 0 Å². The lowest BCUT2D eigenvalue weighted by Crippen LogP contribution is -2.05. The first kappa shape index (κ1) is 23.3. The van der Waals surface area contributed by atoms with Gasteiger partial charge >= 0.3 is 0 Å². The van der Waals surface area contributed by atoms with Gasteiger partial charge in [-0.2, -0.15) is 0 Å². The summed E-state index contributed by atoms with van der Waals surface area (Å²) in [7, 11) is 0. The molecule has 0 bridgehead atoms. The molecule has 6 aromatic rings. The number of aromatic amines is 1. The molecule has 0 unspecified atom stereocenters. The van der Waals surface area contributed by atoms with Gasteiger partial charge in [0, 0.05) is 32.9 Å². The monoisotopic (exact) mass is 490 g/mol. The number of rotatable bonds is 5. The van der Waals surface area contributed by atoms with Gasteiger partial charge in [0.2, 0.25) is 0 Å². The maximum atomic E-state index is 4.93. The van der Waals surface area contributed by atoms with Gasteiger partial charge in [0.25, 0.3) is 0 Å². The summed E-state index contributed by atoms with van der Waals surface area (Å²) in [6.45, 7) is 4.29. The number of nitrogens with one attached hydrogen (secondary N) is 1. The van der Waals surface area contributed by atoms with E-state index < -0.39 is 0 Å². The zero-order chi connectivity index (χ0) is 25.7. The lowest BCUT2D eigenvalue weighted by Gasteiger charge is -2.08. The molecule has 182 valence electrons. The van der Waals surface area contributed by atoms with E-state index in [4.69, 9.17) is 9.98 Å². The van der Waals surface area contributed by atoms with E-state index in [9.17, 15) is 0 Å². The number of aromatic nitrogens is 1. The number of H-pyrrole nitrogens is 1. The number of benzene rings is 5. The van der Waals surface area contributed by atoms with Crippen LogP contribution in [0, 0.1) is 0 Å². The van der Waals surface area contributed by atoms with Crippen molar-refractivity contribution >= 4 is 40.2 Å². The molecule has 6 rings (SSSR count). The van der Waals surface area contributed by atoms with Crippen LogP contribution in [0.1, 0.15) is 16.7 Å². The molecule has 0 aliphatic heterocycles. The Morgan fingerprint density at radius 3 is 2.08 bits per heavy atom. The fourth-order valence-corrected chi connectivity index (χ4v) is 4.69. The third-order valence-electron chi connectivity index (χ3n) is 6.61. The number of hydrogen-bond acceptors (Lipinski definition) is 1. The molecule has 0 aliphatic rings. The number of hydrogen-bond donors (Lipinski definition) is 1. The fraction of sp³-hybridized carbons (Fsp3) is 0.0294. The zero-order valence-corrected chi connectivity index (χ0v) is 20.9. The summed E-state index contributed by atoms with van der Waals surface area (Å²) >= 11 is 0. The maximum Gasteiger partial charge on any atom is 0.161 e. The van der Waals surface area contributed by atoms with Crippen molar-refractivity contribution in [3.8, 4) is 11.1 Å². The summed E-state index contributed by atoms with van der Waals surface area (Å²) < 4.78 is 0. The minimum Gasteiger partial charge on any atom is -0.354 e. The Bertz CT molecular complexity index is 1790. The summed E-state index contributed by atoms with van der Waals surface area (Å²) in [6, 6.07) is 43.4. The molecule has 4 nitrogen and oxygen atoms in total.